The third-order valence-corrected chi connectivity index (χ3v) is 5.43. The SMILES string of the molecule is Cc1ccc(C)c([C@@H](C)NC(=O)/C(=C/c2cccs2)NC(=O)c2ccccc2)c1. The molecule has 1 aromatic heterocycles. The molecular formula is C24H24N2O2S. The Labute approximate surface area is 175 Å². The summed E-state index contributed by atoms with van der Waals surface area (Å²) in [6.45, 7) is 6.00. The van der Waals surface area contributed by atoms with E-state index in [0.717, 1.165) is 21.6 Å². The van der Waals surface area contributed by atoms with Gasteiger partial charge in [-0.25, -0.2) is 0 Å². The number of hydrogen-bond acceptors (Lipinski definition) is 3. The fourth-order valence-electron chi connectivity index (χ4n) is 3.04. The largest absolute Gasteiger partial charge is 0.344 e. The van der Waals surface area contributed by atoms with Gasteiger partial charge in [0.2, 0.25) is 0 Å². The van der Waals surface area contributed by atoms with Crippen LogP contribution in [0.15, 0.2) is 71.7 Å². The number of thiophene rings is 1. The number of carbonyl (C=O) groups is 2. The predicted octanol–water partition coefficient (Wildman–Crippen LogP) is 5.01. The summed E-state index contributed by atoms with van der Waals surface area (Å²) >= 11 is 1.50. The lowest BCUT2D eigenvalue weighted by atomic mass is 10.00. The summed E-state index contributed by atoms with van der Waals surface area (Å²) in [5.74, 6) is -0.640. The van der Waals surface area contributed by atoms with E-state index in [1.54, 1.807) is 30.3 Å². The Balaban J connectivity index is 1.83. The molecule has 0 fully saturated rings. The number of rotatable bonds is 6. The first-order valence-electron chi connectivity index (χ1n) is 9.43. The first-order valence-corrected chi connectivity index (χ1v) is 10.3. The van der Waals surface area contributed by atoms with Crippen molar-refractivity contribution in [3.8, 4) is 0 Å². The lowest BCUT2D eigenvalue weighted by Gasteiger charge is -2.19. The van der Waals surface area contributed by atoms with E-state index in [1.165, 1.54) is 11.3 Å². The van der Waals surface area contributed by atoms with E-state index in [9.17, 15) is 9.59 Å². The Kier molecular flexibility index (Phi) is 6.62. The molecule has 29 heavy (non-hydrogen) atoms. The summed E-state index contributed by atoms with van der Waals surface area (Å²) in [4.78, 5) is 26.5. The van der Waals surface area contributed by atoms with Crippen molar-refractivity contribution in [3.05, 3.63) is 98.9 Å². The van der Waals surface area contributed by atoms with Gasteiger partial charge in [-0.15, -0.1) is 11.3 Å². The molecule has 0 aliphatic rings. The van der Waals surface area contributed by atoms with Crippen LogP contribution in [0.5, 0.6) is 0 Å². The van der Waals surface area contributed by atoms with Crippen LogP contribution in [0.4, 0.5) is 0 Å². The van der Waals surface area contributed by atoms with Gasteiger partial charge < -0.3 is 10.6 Å². The third-order valence-electron chi connectivity index (χ3n) is 4.61. The molecular weight excluding hydrogens is 380 g/mol. The van der Waals surface area contributed by atoms with Gasteiger partial charge in [0.15, 0.2) is 0 Å². The highest BCUT2D eigenvalue weighted by Gasteiger charge is 2.18. The van der Waals surface area contributed by atoms with Crippen LogP contribution in [-0.2, 0) is 4.79 Å². The van der Waals surface area contributed by atoms with E-state index in [0.29, 0.717) is 5.56 Å². The fraction of sp³-hybridized carbons (Fsp3) is 0.167. The number of benzene rings is 2. The van der Waals surface area contributed by atoms with Crippen molar-refractivity contribution in [1.29, 1.82) is 0 Å². The summed E-state index contributed by atoms with van der Waals surface area (Å²) < 4.78 is 0. The van der Waals surface area contributed by atoms with Crippen LogP contribution in [0.2, 0.25) is 0 Å². The average Bonchev–Trinajstić information content (AvgIpc) is 3.23. The Hall–Kier alpha value is -3.18. The van der Waals surface area contributed by atoms with Crippen LogP contribution in [0.3, 0.4) is 0 Å². The zero-order valence-corrected chi connectivity index (χ0v) is 17.5. The van der Waals surface area contributed by atoms with Gasteiger partial charge in [0.25, 0.3) is 11.8 Å². The molecule has 148 valence electrons. The van der Waals surface area contributed by atoms with Gasteiger partial charge in [-0.2, -0.15) is 0 Å². The highest BCUT2D eigenvalue weighted by atomic mass is 32.1. The molecule has 1 heterocycles. The first kappa shape index (κ1) is 20.6. The van der Waals surface area contributed by atoms with Crippen molar-refractivity contribution in [2.45, 2.75) is 26.8 Å². The van der Waals surface area contributed by atoms with Crippen LogP contribution in [0.25, 0.3) is 6.08 Å². The maximum Gasteiger partial charge on any atom is 0.268 e. The monoisotopic (exact) mass is 404 g/mol. The number of aryl methyl sites for hydroxylation is 2. The second-order valence-corrected chi connectivity index (χ2v) is 7.93. The van der Waals surface area contributed by atoms with E-state index < -0.39 is 0 Å². The number of nitrogens with one attached hydrogen (secondary N) is 2. The van der Waals surface area contributed by atoms with Gasteiger partial charge in [0, 0.05) is 10.4 Å². The third kappa shape index (κ3) is 5.42. The Morgan fingerprint density at radius 3 is 2.45 bits per heavy atom. The van der Waals surface area contributed by atoms with Crippen molar-refractivity contribution in [3.63, 3.8) is 0 Å². The van der Waals surface area contributed by atoms with Gasteiger partial charge >= 0.3 is 0 Å². The maximum absolute atomic E-state index is 13.0. The normalized spacial score (nSPS) is 12.3. The Morgan fingerprint density at radius 1 is 1.00 bits per heavy atom. The Bertz CT molecular complexity index is 1020. The van der Waals surface area contributed by atoms with Crippen LogP contribution in [0.1, 0.15) is 44.9 Å². The molecule has 0 saturated carbocycles. The minimum Gasteiger partial charge on any atom is -0.344 e. The van der Waals surface area contributed by atoms with Crippen molar-refractivity contribution < 1.29 is 9.59 Å². The quantitative estimate of drug-likeness (QED) is 0.567. The molecule has 3 aromatic rings. The van der Waals surface area contributed by atoms with E-state index >= 15 is 0 Å². The van der Waals surface area contributed by atoms with Crippen LogP contribution >= 0.6 is 11.3 Å². The van der Waals surface area contributed by atoms with Gasteiger partial charge in [-0.05, 0) is 61.6 Å². The number of amides is 2. The molecule has 0 saturated heterocycles. The minimum atomic E-state index is -0.323. The van der Waals surface area contributed by atoms with Crippen LogP contribution < -0.4 is 10.6 Å². The standard InChI is InChI=1S/C24H24N2O2S/c1-16-11-12-17(2)21(14-16)18(3)25-24(28)22(15-20-10-7-13-29-20)26-23(27)19-8-5-4-6-9-19/h4-15,18H,1-3H3,(H,25,28)(H,26,27)/b22-15-/t18-/m1/s1. The van der Waals surface area contributed by atoms with Crippen LogP contribution in [-0.4, -0.2) is 11.8 Å². The maximum atomic E-state index is 13.0. The molecule has 0 radical (unpaired) electrons. The molecule has 0 spiro atoms. The summed E-state index contributed by atoms with van der Waals surface area (Å²) in [5.41, 5.74) is 4.03. The summed E-state index contributed by atoms with van der Waals surface area (Å²) in [6, 6.07) is 18.7. The molecule has 4 nitrogen and oxygen atoms in total. The molecule has 2 aromatic carbocycles. The van der Waals surface area contributed by atoms with Crippen molar-refractivity contribution in [1.82, 2.24) is 10.6 Å². The number of carbonyl (C=O) groups excluding carboxylic acids is 2. The summed E-state index contributed by atoms with van der Waals surface area (Å²) in [7, 11) is 0. The van der Waals surface area contributed by atoms with E-state index in [-0.39, 0.29) is 23.6 Å². The van der Waals surface area contributed by atoms with Crippen LogP contribution in [0, 0.1) is 13.8 Å². The smallest absolute Gasteiger partial charge is 0.268 e. The minimum absolute atomic E-state index is 0.192. The molecule has 2 amide bonds. The molecule has 5 heteroatoms. The molecule has 0 bridgehead atoms. The zero-order chi connectivity index (χ0) is 20.8. The molecule has 0 aliphatic carbocycles. The molecule has 0 unspecified atom stereocenters. The van der Waals surface area contributed by atoms with E-state index in [1.807, 2.05) is 50.4 Å². The Morgan fingerprint density at radius 2 is 1.76 bits per heavy atom. The molecule has 0 aliphatic heterocycles. The van der Waals surface area contributed by atoms with Crippen molar-refractivity contribution in [2.24, 2.45) is 0 Å². The lowest BCUT2D eigenvalue weighted by molar-refractivity contribution is -0.118. The first-order chi connectivity index (χ1) is 13.9. The molecule has 3 rings (SSSR count). The van der Waals surface area contributed by atoms with Crippen molar-refractivity contribution >= 4 is 29.2 Å². The highest BCUT2D eigenvalue weighted by molar-refractivity contribution is 7.10. The molecule has 2 N–H and O–H groups in total. The highest BCUT2D eigenvalue weighted by Crippen LogP contribution is 2.20. The van der Waals surface area contributed by atoms with Crippen molar-refractivity contribution in [2.75, 3.05) is 0 Å². The van der Waals surface area contributed by atoms with Gasteiger partial charge in [-0.3, -0.25) is 9.59 Å². The second kappa shape index (κ2) is 9.34. The fourth-order valence-corrected chi connectivity index (χ4v) is 3.69. The lowest BCUT2D eigenvalue weighted by Crippen LogP contribution is -2.36. The number of hydrogen-bond donors (Lipinski definition) is 2. The van der Waals surface area contributed by atoms with Gasteiger partial charge in [0.05, 0.1) is 6.04 Å². The topological polar surface area (TPSA) is 58.2 Å². The molecule has 1 atom stereocenters. The zero-order valence-electron chi connectivity index (χ0n) is 16.7. The second-order valence-electron chi connectivity index (χ2n) is 6.95. The van der Waals surface area contributed by atoms with E-state index in [4.69, 9.17) is 0 Å². The predicted molar refractivity (Wildman–Crippen MR) is 119 cm³/mol. The van der Waals surface area contributed by atoms with Gasteiger partial charge in [0.1, 0.15) is 5.70 Å². The summed E-state index contributed by atoms with van der Waals surface area (Å²) in [5, 5.41) is 7.72. The van der Waals surface area contributed by atoms with E-state index in [2.05, 4.69) is 22.8 Å². The summed E-state index contributed by atoms with van der Waals surface area (Å²) in [6.07, 6.45) is 1.71. The van der Waals surface area contributed by atoms with Gasteiger partial charge in [-0.1, -0.05) is 48.0 Å². The average molecular weight is 405 g/mol.